The zero-order valence-electron chi connectivity index (χ0n) is 19.5. The Labute approximate surface area is 232 Å². The van der Waals surface area contributed by atoms with E-state index in [0.717, 1.165) is 40.9 Å². The van der Waals surface area contributed by atoms with Crippen LogP contribution in [0.4, 0.5) is 14.5 Å². The molecule has 0 spiro atoms. The smallest absolute Gasteiger partial charge is 0.339 e. The van der Waals surface area contributed by atoms with Crippen LogP contribution in [0.1, 0.15) is 21.7 Å². The number of phenols is 1. The topological polar surface area (TPSA) is 150 Å². The number of halogens is 2. The molecular weight excluding hydrogens is 572 g/mol. The van der Waals surface area contributed by atoms with Gasteiger partial charge in [0, 0.05) is 16.6 Å². The summed E-state index contributed by atoms with van der Waals surface area (Å²) in [5.74, 6) is -6.26. The fraction of sp³-hybridized carbons (Fsp3) is 0.0800. The number of nitrogens with one attached hydrogen (secondary N) is 1. The molecule has 3 amide bonds. The number of thiophene rings is 1. The number of thioether (sulfide) groups is 1. The second-order valence-electron chi connectivity index (χ2n) is 8.13. The Balaban J connectivity index is 1.49. The largest absolute Gasteiger partial charge is 0.507 e. The lowest BCUT2D eigenvalue weighted by Gasteiger charge is -2.23. The number of carboxylic acid groups (broad SMARTS) is 1. The minimum Gasteiger partial charge on any atom is -0.507 e. The van der Waals surface area contributed by atoms with E-state index in [1.807, 2.05) is 0 Å². The average Bonchev–Trinajstić information content (AvgIpc) is 3.43. The molecule has 1 saturated heterocycles. The van der Waals surface area contributed by atoms with Crippen LogP contribution in [-0.2, 0) is 14.4 Å². The number of hydrogen-bond acceptors (Lipinski definition) is 8. The summed E-state index contributed by atoms with van der Waals surface area (Å²) in [4.78, 5) is 50.7. The number of carboxylic acids is 1. The van der Waals surface area contributed by atoms with Gasteiger partial charge in [0.15, 0.2) is 11.6 Å². The Kier molecular flexibility index (Phi) is 8.09. The predicted molar refractivity (Wildman–Crippen MR) is 146 cm³/mol. The van der Waals surface area contributed by atoms with Crippen LogP contribution >= 0.6 is 35.3 Å². The number of carbonyl (C=O) groups excluding carboxylic acids is 3. The van der Waals surface area contributed by atoms with E-state index < -0.39 is 53.5 Å². The van der Waals surface area contributed by atoms with Crippen LogP contribution in [0.15, 0.2) is 52.7 Å². The van der Waals surface area contributed by atoms with E-state index in [9.17, 15) is 33.1 Å². The molecular formula is C25H17F2N3O6S3. The molecule has 0 radical (unpaired) electrons. The lowest BCUT2D eigenvalue weighted by Crippen LogP contribution is -2.48. The van der Waals surface area contributed by atoms with Gasteiger partial charge in [0.25, 0.3) is 5.91 Å². The minimum atomic E-state index is -1.42. The van der Waals surface area contributed by atoms with E-state index in [1.54, 1.807) is 11.4 Å². The zero-order chi connectivity index (χ0) is 28.4. The normalized spacial score (nSPS) is 15.0. The summed E-state index contributed by atoms with van der Waals surface area (Å²) in [6.07, 6.45) is 0.966. The number of primary amides is 1. The molecule has 4 rings (SSSR count). The number of benzene rings is 2. The highest BCUT2D eigenvalue weighted by molar-refractivity contribution is 8.26. The number of carbonyl (C=O) groups is 4. The van der Waals surface area contributed by atoms with E-state index in [1.165, 1.54) is 29.5 Å². The first-order chi connectivity index (χ1) is 18.4. The highest BCUT2D eigenvalue weighted by atomic mass is 32.2. The quantitative estimate of drug-likeness (QED) is 0.226. The van der Waals surface area contributed by atoms with Crippen LogP contribution in [0.3, 0.4) is 0 Å². The summed E-state index contributed by atoms with van der Waals surface area (Å²) in [5, 5.41) is 22.9. The summed E-state index contributed by atoms with van der Waals surface area (Å²) >= 11 is 7.43. The third kappa shape index (κ3) is 6.13. The molecule has 1 aliphatic rings. The van der Waals surface area contributed by atoms with Crippen LogP contribution in [-0.4, -0.2) is 49.2 Å². The second-order valence-corrected chi connectivity index (χ2v) is 10.7. The molecule has 3 aromatic rings. The molecule has 2 aromatic carbocycles. The molecule has 14 heteroatoms. The van der Waals surface area contributed by atoms with Crippen molar-refractivity contribution < 1.29 is 38.2 Å². The van der Waals surface area contributed by atoms with Gasteiger partial charge in [0.2, 0.25) is 11.8 Å². The summed E-state index contributed by atoms with van der Waals surface area (Å²) in [5.41, 5.74) is 6.24. The lowest BCUT2D eigenvalue weighted by atomic mass is 10.1. The lowest BCUT2D eigenvalue weighted by molar-refractivity contribution is -0.133. The number of hydrogen-bond donors (Lipinski definition) is 4. The molecule has 1 aromatic heterocycles. The number of aromatic carboxylic acids is 1. The van der Waals surface area contributed by atoms with Gasteiger partial charge in [-0.05, 0) is 52.9 Å². The van der Waals surface area contributed by atoms with Crippen LogP contribution in [0.25, 0.3) is 17.2 Å². The molecule has 1 atom stereocenters. The highest BCUT2D eigenvalue weighted by Crippen LogP contribution is 2.36. The fourth-order valence-corrected chi connectivity index (χ4v) is 5.90. The maximum atomic E-state index is 13.6. The SMILES string of the molecule is NC(=O)[C@@H](CC(=O)Nc1ccc(C(=O)O)c(O)c1)N1C(=O)/C(=C/c2cc(-c3ccc(F)c(F)c3)cs2)SC1=S. The third-order valence-corrected chi connectivity index (χ3v) is 7.71. The Bertz CT molecular complexity index is 1570. The predicted octanol–water partition coefficient (Wildman–Crippen LogP) is 4.18. The van der Waals surface area contributed by atoms with Crippen LogP contribution in [0.2, 0.25) is 0 Å². The summed E-state index contributed by atoms with van der Waals surface area (Å²) < 4.78 is 26.9. The zero-order valence-corrected chi connectivity index (χ0v) is 22.0. The molecule has 5 N–H and O–H groups in total. The molecule has 39 heavy (non-hydrogen) atoms. The second kappa shape index (κ2) is 11.3. The fourth-order valence-electron chi connectivity index (χ4n) is 3.63. The number of amides is 3. The van der Waals surface area contributed by atoms with E-state index in [-0.39, 0.29) is 20.5 Å². The van der Waals surface area contributed by atoms with Crippen LogP contribution in [0.5, 0.6) is 5.75 Å². The van der Waals surface area contributed by atoms with Gasteiger partial charge in [0.05, 0.1) is 11.3 Å². The molecule has 2 heterocycles. The van der Waals surface area contributed by atoms with Gasteiger partial charge >= 0.3 is 5.97 Å². The van der Waals surface area contributed by atoms with Crippen molar-refractivity contribution in [2.24, 2.45) is 5.73 Å². The van der Waals surface area contributed by atoms with Crippen molar-refractivity contribution in [2.75, 3.05) is 5.32 Å². The Morgan fingerprint density at radius 2 is 1.85 bits per heavy atom. The monoisotopic (exact) mass is 589 g/mol. The van der Waals surface area contributed by atoms with Crippen molar-refractivity contribution in [2.45, 2.75) is 12.5 Å². The first kappa shape index (κ1) is 27.9. The molecule has 9 nitrogen and oxygen atoms in total. The first-order valence-electron chi connectivity index (χ1n) is 10.9. The Hall–Kier alpha value is -4.14. The van der Waals surface area contributed by atoms with Gasteiger partial charge in [-0.1, -0.05) is 30.0 Å². The molecule has 1 aliphatic heterocycles. The number of nitrogens with two attached hydrogens (primary N) is 1. The minimum absolute atomic E-state index is 0.00342. The molecule has 0 unspecified atom stereocenters. The van der Waals surface area contributed by atoms with Crippen molar-refractivity contribution >= 4 is 75.1 Å². The van der Waals surface area contributed by atoms with Gasteiger partial charge in [-0.3, -0.25) is 19.3 Å². The van der Waals surface area contributed by atoms with E-state index >= 15 is 0 Å². The Morgan fingerprint density at radius 3 is 2.49 bits per heavy atom. The third-order valence-electron chi connectivity index (χ3n) is 5.50. The summed E-state index contributed by atoms with van der Waals surface area (Å²) in [7, 11) is 0. The van der Waals surface area contributed by atoms with Crippen molar-refractivity contribution in [1.82, 2.24) is 4.90 Å². The molecule has 0 bridgehead atoms. The van der Waals surface area contributed by atoms with E-state index in [0.29, 0.717) is 16.0 Å². The number of thiocarbonyl (C=S) groups is 1. The summed E-state index contributed by atoms with van der Waals surface area (Å²) in [6, 6.07) is 7.12. The van der Waals surface area contributed by atoms with E-state index in [2.05, 4.69) is 5.32 Å². The van der Waals surface area contributed by atoms with Crippen molar-refractivity contribution in [3.8, 4) is 16.9 Å². The van der Waals surface area contributed by atoms with Crippen molar-refractivity contribution in [3.05, 3.63) is 74.8 Å². The highest BCUT2D eigenvalue weighted by Gasteiger charge is 2.40. The average molecular weight is 590 g/mol. The number of anilines is 1. The van der Waals surface area contributed by atoms with Gasteiger partial charge in [-0.25, -0.2) is 13.6 Å². The van der Waals surface area contributed by atoms with Gasteiger partial charge in [-0.2, -0.15) is 0 Å². The standard InChI is InChI=1S/C25H17F2N3O6S3/c26-16-4-1-11(6-17(16)27)12-5-14(38-10-12)8-20-23(34)30(25(37)39-20)18(22(28)33)9-21(32)29-13-2-3-15(24(35)36)19(31)7-13/h1-8,10,18,31H,9H2,(H2,28,33)(H,29,32)(H,35,36)/b20-8-/t18-/m1/s1. The van der Waals surface area contributed by atoms with Gasteiger partial charge in [0.1, 0.15) is 21.7 Å². The van der Waals surface area contributed by atoms with Gasteiger partial charge in [-0.15, -0.1) is 11.3 Å². The first-order valence-corrected chi connectivity index (χ1v) is 13.0. The molecule has 1 fully saturated rings. The molecule has 200 valence electrons. The van der Waals surface area contributed by atoms with Crippen LogP contribution < -0.4 is 11.1 Å². The van der Waals surface area contributed by atoms with Crippen molar-refractivity contribution in [1.29, 1.82) is 0 Å². The summed E-state index contributed by atoms with van der Waals surface area (Å²) in [6.45, 7) is 0. The van der Waals surface area contributed by atoms with E-state index in [4.69, 9.17) is 23.1 Å². The number of nitrogens with zero attached hydrogens (tertiary/aromatic N) is 1. The number of rotatable bonds is 8. The number of aromatic hydroxyl groups is 1. The van der Waals surface area contributed by atoms with Gasteiger partial charge < -0.3 is 21.3 Å². The maximum absolute atomic E-state index is 13.6. The molecule has 0 aliphatic carbocycles. The Morgan fingerprint density at radius 1 is 1.10 bits per heavy atom. The van der Waals surface area contributed by atoms with Crippen molar-refractivity contribution in [3.63, 3.8) is 0 Å². The molecule has 0 saturated carbocycles. The van der Waals surface area contributed by atoms with Crippen LogP contribution in [0, 0.1) is 11.6 Å². The maximum Gasteiger partial charge on any atom is 0.339 e.